The van der Waals surface area contributed by atoms with Crippen LogP contribution in [0.4, 0.5) is 4.79 Å². The van der Waals surface area contributed by atoms with Gasteiger partial charge in [0.1, 0.15) is 13.2 Å². The summed E-state index contributed by atoms with van der Waals surface area (Å²) in [6.07, 6.45) is 0.833. The van der Waals surface area contributed by atoms with Gasteiger partial charge in [0.25, 0.3) is 5.91 Å². The van der Waals surface area contributed by atoms with Gasteiger partial charge in [-0.3, -0.25) is 14.9 Å². The molecule has 2 amide bonds. The molecule has 0 saturated heterocycles. The zero-order valence-corrected chi connectivity index (χ0v) is 20.4. The van der Waals surface area contributed by atoms with Gasteiger partial charge in [-0.25, -0.2) is 9.59 Å². The van der Waals surface area contributed by atoms with Crippen LogP contribution in [0.2, 0.25) is 0 Å². The number of nitrogens with one attached hydrogen (secondary N) is 1. The van der Waals surface area contributed by atoms with E-state index in [-0.39, 0.29) is 25.7 Å². The van der Waals surface area contributed by atoms with Gasteiger partial charge in [0.2, 0.25) is 6.04 Å². The fraction of sp³-hybridized carbons (Fsp3) is 0.360. The molecule has 0 fully saturated rings. The fourth-order valence-electron chi connectivity index (χ4n) is 4.02. The number of amides is 2. The molecule has 0 bridgehead atoms. The second-order valence-corrected chi connectivity index (χ2v) is 8.79. The number of carboxylic acid groups (broad SMARTS) is 1. The van der Waals surface area contributed by atoms with Gasteiger partial charge in [0.15, 0.2) is 0 Å². The summed E-state index contributed by atoms with van der Waals surface area (Å²) in [5, 5.41) is 11.5. The van der Waals surface area contributed by atoms with E-state index in [1.165, 1.54) is 11.8 Å². The summed E-state index contributed by atoms with van der Waals surface area (Å²) in [6, 6.07) is 14.0. The Morgan fingerprint density at radius 1 is 1.03 bits per heavy atom. The molecule has 186 valence electrons. The van der Waals surface area contributed by atoms with Crippen LogP contribution in [0.1, 0.15) is 24.0 Å². The first kappa shape index (κ1) is 26.1. The van der Waals surface area contributed by atoms with Crippen molar-refractivity contribution in [3.05, 3.63) is 59.7 Å². The molecule has 1 atom stereocenters. The van der Waals surface area contributed by atoms with Crippen LogP contribution >= 0.6 is 11.8 Å². The van der Waals surface area contributed by atoms with Crippen molar-refractivity contribution in [2.75, 3.05) is 38.3 Å². The summed E-state index contributed by atoms with van der Waals surface area (Å²) in [7, 11) is 0. The Morgan fingerprint density at radius 2 is 1.63 bits per heavy atom. The summed E-state index contributed by atoms with van der Waals surface area (Å²) in [6.45, 7) is 1.03. The minimum Gasteiger partial charge on any atom is -0.480 e. The summed E-state index contributed by atoms with van der Waals surface area (Å²) in [4.78, 5) is 50.4. The number of hydrogen-bond donors (Lipinski definition) is 2. The zero-order valence-electron chi connectivity index (χ0n) is 19.6. The average Bonchev–Trinajstić information content (AvgIpc) is 3.17. The van der Waals surface area contributed by atoms with Crippen molar-refractivity contribution in [3.63, 3.8) is 0 Å². The van der Waals surface area contributed by atoms with Gasteiger partial charge in [-0.1, -0.05) is 48.5 Å². The number of nitrogens with zero attached hydrogens (tertiary/aromatic N) is 1. The normalized spacial score (nSPS) is 12.7. The number of carboxylic acids is 1. The summed E-state index contributed by atoms with van der Waals surface area (Å²) in [5.41, 5.74) is 4.16. The molecule has 0 aliphatic heterocycles. The lowest BCUT2D eigenvalue weighted by atomic mass is 9.98. The topological polar surface area (TPSA) is 122 Å². The van der Waals surface area contributed by atoms with Crippen LogP contribution in [0.3, 0.4) is 0 Å². The Kier molecular flexibility index (Phi) is 9.13. The molecule has 1 unspecified atom stereocenters. The number of rotatable bonds is 11. The summed E-state index contributed by atoms with van der Waals surface area (Å²) in [5.74, 6) is -2.82. The smallest absolute Gasteiger partial charge is 0.408 e. The van der Waals surface area contributed by atoms with Gasteiger partial charge in [0, 0.05) is 18.2 Å². The first-order valence-corrected chi connectivity index (χ1v) is 12.5. The summed E-state index contributed by atoms with van der Waals surface area (Å²) >= 11 is 1.41. The van der Waals surface area contributed by atoms with E-state index in [1.54, 1.807) is 13.2 Å². The predicted octanol–water partition coefficient (Wildman–Crippen LogP) is 2.73. The van der Waals surface area contributed by atoms with Crippen molar-refractivity contribution in [1.29, 1.82) is 0 Å². The Balaban J connectivity index is 1.73. The Hall–Kier alpha value is -3.53. The molecule has 0 radical (unpaired) electrons. The molecule has 0 spiro atoms. The average molecular weight is 501 g/mol. The number of carbonyl (C=O) groups excluding carboxylic acids is 3. The molecule has 0 heterocycles. The third kappa shape index (κ3) is 6.33. The second-order valence-electron chi connectivity index (χ2n) is 7.80. The van der Waals surface area contributed by atoms with Crippen molar-refractivity contribution in [1.82, 2.24) is 10.2 Å². The van der Waals surface area contributed by atoms with Crippen LogP contribution < -0.4 is 5.32 Å². The number of fused-ring (bicyclic) bond motifs is 3. The molecule has 10 heteroatoms. The van der Waals surface area contributed by atoms with Crippen molar-refractivity contribution in [3.8, 4) is 11.1 Å². The standard InChI is InChI=1S/C25H28N2O7S/c1-3-33-24(31)22(23(30)27(12-13-35-2)14-21(28)29)26-25(32)34-15-20-18-10-6-4-8-16(18)17-9-5-7-11-19(17)20/h4-11,20,22H,3,12-15H2,1-2H3,(H,26,32)(H,28,29). The molecule has 1 aliphatic carbocycles. The Labute approximate surface area is 207 Å². The minimum atomic E-state index is -1.72. The molecular formula is C25H28N2O7S. The number of esters is 1. The van der Waals surface area contributed by atoms with Crippen molar-refractivity contribution < 1.29 is 33.8 Å². The lowest BCUT2D eigenvalue weighted by molar-refractivity contribution is -0.154. The monoisotopic (exact) mass is 500 g/mol. The highest BCUT2D eigenvalue weighted by molar-refractivity contribution is 7.98. The molecule has 0 saturated carbocycles. The van der Waals surface area contributed by atoms with Gasteiger partial charge in [0.05, 0.1) is 6.61 Å². The van der Waals surface area contributed by atoms with Crippen molar-refractivity contribution in [2.24, 2.45) is 0 Å². The van der Waals surface area contributed by atoms with E-state index in [0.29, 0.717) is 5.75 Å². The SMILES string of the molecule is CCOC(=O)C(NC(=O)OCC1c2ccccc2-c2ccccc21)C(=O)N(CCSC)CC(=O)O. The van der Waals surface area contributed by atoms with Crippen molar-refractivity contribution in [2.45, 2.75) is 18.9 Å². The van der Waals surface area contributed by atoms with E-state index in [1.807, 2.05) is 48.5 Å². The number of ether oxygens (including phenoxy) is 2. The number of alkyl carbamates (subject to hydrolysis) is 1. The molecule has 2 aromatic carbocycles. The van der Waals surface area contributed by atoms with Crippen LogP contribution in [0, 0.1) is 0 Å². The maximum absolute atomic E-state index is 13.0. The van der Waals surface area contributed by atoms with Gasteiger partial charge in [-0.2, -0.15) is 11.8 Å². The van der Waals surface area contributed by atoms with E-state index < -0.39 is 36.5 Å². The minimum absolute atomic E-state index is 0.00505. The quantitative estimate of drug-likeness (QED) is 0.357. The largest absolute Gasteiger partial charge is 0.480 e. The third-order valence-electron chi connectivity index (χ3n) is 5.58. The van der Waals surface area contributed by atoms with E-state index >= 15 is 0 Å². The molecule has 3 rings (SSSR count). The number of hydrogen-bond acceptors (Lipinski definition) is 7. The highest BCUT2D eigenvalue weighted by Gasteiger charge is 2.35. The van der Waals surface area contributed by atoms with Crippen LogP contribution in [-0.4, -0.2) is 78.3 Å². The van der Waals surface area contributed by atoms with Crippen LogP contribution in [0.15, 0.2) is 48.5 Å². The van der Waals surface area contributed by atoms with E-state index in [2.05, 4.69) is 5.32 Å². The number of aliphatic carboxylic acids is 1. The maximum atomic E-state index is 13.0. The highest BCUT2D eigenvalue weighted by atomic mass is 32.2. The molecule has 0 aromatic heterocycles. The Bertz CT molecular complexity index is 1050. The highest BCUT2D eigenvalue weighted by Crippen LogP contribution is 2.44. The first-order valence-electron chi connectivity index (χ1n) is 11.1. The van der Waals surface area contributed by atoms with Gasteiger partial charge >= 0.3 is 18.0 Å². The van der Waals surface area contributed by atoms with Crippen LogP contribution in [0.5, 0.6) is 0 Å². The second kappa shape index (κ2) is 12.3. The fourth-order valence-corrected chi connectivity index (χ4v) is 4.42. The molecule has 35 heavy (non-hydrogen) atoms. The van der Waals surface area contributed by atoms with Gasteiger partial charge < -0.3 is 19.5 Å². The van der Waals surface area contributed by atoms with E-state index in [0.717, 1.165) is 27.2 Å². The van der Waals surface area contributed by atoms with Crippen LogP contribution in [-0.2, 0) is 23.9 Å². The van der Waals surface area contributed by atoms with E-state index in [9.17, 15) is 24.3 Å². The van der Waals surface area contributed by atoms with Crippen LogP contribution in [0.25, 0.3) is 11.1 Å². The summed E-state index contributed by atoms with van der Waals surface area (Å²) < 4.78 is 10.4. The zero-order chi connectivity index (χ0) is 25.4. The number of carbonyl (C=O) groups is 4. The van der Waals surface area contributed by atoms with Crippen molar-refractivity contribution >= 4 is 35.7 Å². The van der Waals surface area contributed by atoms with Gasteiger partial charge in [-0.15, -0.1) is 0 Å². The molecule has 1 aliphatic rings. The molecular weight excluding hydrogens is 472 g/mol. The predicted molar refractivity (Wildman–Crippen MR) is 131 cm³/mol. The number of benzene rings is 2. The van der Waals surface area contributed by atoms with Gasteiger partial charge in [-0.05, 0) is 35.4 Å². The van der Waals surface area contributed by atoms with E-state index in [4.69, 9.17) is 9.47 Å². The molecule has 2 aromatic rings. The lowest BCUT2D eigenvalue weighted by Crippen LogP contribution is -2.55. The molecule has 2 N–H and O–H groups in total. The maximum Gasteiger partial charge on any atom is 0.408 e. The number of thioether (sulfide) groups is 1. The Morgan fingerprint density at radius 3 is 2.17 bits per heavy atom. The lowest BCUT2D eigenvalue weighted by Gasteiger charge is -2.25. The third-order valence-corrected chi connectivity index (χ3v) is 6.17. The molecule has 9 nitrogen and oxygen atoms in total. The first-order chi connectivity index (χ1) is 16.9.